The molecule has 0 aliphatic carbocycles. The van der Waals surface area contributed by atoms with Gasteiger partial charge in [-0.25, -0.2) is 0 Å². The summed E-state index contributed by atoms with van der Waals surface area (Å²) in [5, 5.41) is 8.25. The van der Waals surface area contributed by atoms with Crippen molar-refractivity contribution in [3.63, 3.8) is 0 Å². The van der Waals surface area contributed by atoms with Crippen LogP contribution in [0.15, 0.2) is 30.3 Å². The maximum absolute atomic E-state index is 11.3. The third-order valence-corrected chi connectivity index (χ3v) is 3.05. The van der Waals surface area contributed by atoms with Gasteiger partial charge >= 0.3 is 93.9 Å². The topological polar surface area (TPSA) is 105 Å². The molecule has 0 bridgehead atoms. The molecule has 0 saturated heterocycles. The van der Waals surface area contributed by atoms with Gasteiger partial charge in [0.05, 0.1) is 0 Å². The van der Waals surface area contributed by atoms with Gasteiger partial charge in [-0.3, -0.25) is 0 Å². The van der Waals surface area contributed by atoms with Crippen LogP contribution < -0.4 is 9.21 Å². The number of hydrogen-bond donors (Lipinski definition) is 3. The Kier molecular flexibility index (Phi) is 4.57. The molecule has 88 valence electrons. The van der Waals surface area contributed by atoms with Gasteiger partial charge in [0, 0.05) is 0 Å². The van der Waals surface area contributed by atoms with E-state index in [4.69, 9.17) is 5.11 Å². The summed E-state index contributed by atoms with van der Waals surface area (Å²) in [5.74, 6) is -1.04. The molecule has 0 spiro atoms. The van der Waals surface area contributed by atoms with Crippen molar-refractivity contribution in [1.29, 1.82) is 0 Å². The van der Waals surface area contributed by atoms with Crippen molar-refractivity contribution < 1.29 is 25.3 Å². The first-order valence-corrected chi connectivity index (χ1v) is 7.34. The first-order chi connectivity index (χ1) is 7.49. The summed E-state index contributed by atoms with van der Waals surface area (Å²) in [6, 6.07) is 7.91. The van der Waals surface area contributed by atoms with Crippen LogP contribution in [0.5, 0.6) is 5.75 Å². The molecule has 1 aromatic carbocycles. The van der Waals surface area contributed by atoms with Gasteiger partial charge in [0.1, 0.15) is 0 Å². The molecule has 0 aliphatic heterocycles. The molecule has 8 heteroatoms. The van der Waals surface area contributed by atoms with E-state index in [9.17, 15) is 12.6 Å². The molecule has 1 aromatic rings. The predicted molar refractivity (Wildman–Crippen MR) is 52.5 cm³/mol. The molecule has 0 heterocycles. The number of benzene rings is 1. The Balaban J connectivity index is 2.46. The number of carboxylic acids is 1. The molecule has 0 aliphatic rings. The van der Waals surface area contributed by atoms with Crippen molar-refractivity contribution >= 4 is 20.5 Å². The fourth-order valence-corrected chi connectivity index (χ4v) is 2.18. The standard InChI is InChI=1S/C8H10AsNO6/c11-8(12)6-10-16-9(13,14)15-7-4-2-1-3-5-7/h1-5,10H,6H2,(H,11,12)(H,13,14). The zero-order chi connectivity index (χ0) is 12.0. The van der Waals surface area contributed by atoms with Crippen molar-refractivity contribution in [3.05, 3.63) is 30.3 Å². The summed E-state index contributed by atoms with van der Waals surface area (Å²) in [6.07, 6.45) is 0. The van der Waals surface area contributed by atoms with Crippen LogP contribution in [0.2, 0.25) is 0 Å². The van der Waals surface area contributed by atoms with E-state index in [1.165, 1.54) is 12.1 Å². The number of hydroxylamine groups is 1. The van der Waals surface area contributed by atoms with Crippen LogP contribution in [0.25, 0.3) is 0 Å². The SMILES string of the molecule is O=C(O)CNO[As](=O)(O)Oc1ccccc1. The van der Waals surface area contributed by atoms with Crippen LogP contribution in [-0.4, -0.2) is 36.2 Å². The van der Waals surface area contributed by atoms with Crippen LogP contribution in [0.3, 0.4) is 0 Å². The summed E-state index contributed by atoms with van der Waals surface area (Å²) in [6.45, 7) is -0.593. The van der Waals surface area contributed by atoms with E-state index in [0.29, 0.717) is 0 Å². The Hall–Kier alpha value is -1.27. The van der Waals surface area contributed by atoms with E-state index in [1.807, 2.05) is 5.48 Å². The van der Waals surface area contributed by atoms with Crippen LogP contribution in [0, 0.1) is 0 Å². The maximum atomic E-state index is 11.3. The quantitative estimate of drug-likeness (QED) is 0.480. The van der Waals surface area contributed by atoms with Crippen molar-refractivity contribution in [3.8, 4) is 5.75 Å². The summed E-state index contributed by atoms with van der Waals surface area (Å²) < 4.78 is 29.4. The van der Waals surface area contributed by atoms with Gasteiger partial charge in [-0.1, -0.05) is 0 Å². The molecule has 0 radical (unpaired) electrons. The minimum atomic E-state index is -4.98. The molecule has 0 aromatic heterocycles. The van der Waals surface area contributed by atoms with Gasteiger partial charge in [0.2, 0.25) is 0 Å². The average Bonchev–Trinajstić information content (AvgIpc) is 2.17. The van der Waals surface area contributed by atoms with Crippen molar-refractivity contribution in [1.82, 2.24) is 5.48 Å². The van der Waals surface area contributed by atoms with Gasteiger partial charge in [0.25, 0.3) is 0 Å². The van der Waals surface area contributed by atoms with E-state index < -0.39 is 27.0 Å². The fraction of sp³-hybridized carbons (Fsp3) is 0.125. The van der Waals surface area contributed by atoms with Crippen LogP contribution in [0.4, 0.5) is 0 Å². The number of carboxylic acid groups (broad SMARTS) is 1. The Morgan fingerprint density at radius 3 is 2.56 bits per heavy atom. The van der Waals surface area contributed by atoms with E-state index in [1.54, 1.807) is 18.2 Å². The number of carbonyl (C=O) groups is 1. The minimum absolute atomic E-state index is 0.171. The Bertz CT molecular complexity index is 395. The second-order valence-corrected chi connectivity index (χ2v) is 5.41. The average molecular weight is 291 g/mol. The molecule has 0 fully saturated rings. The van der Waals surface area contributed by atoms with Crippen LogP contribution in [0.1, 0.15) is 0 Å². The van der Waals surface area contributed by atoms with Crippen molar-refractivity contribution in [2.45, 2.75) is 0 Å². The normalized spacial score (nSPS) is 14.1. The van der Waals surface area contributed by atoms with Gasteiger partial charge < -0.3 is 0 Å². The van der Waals surface area contributed by atoms with Gasteiger partial charge in [-0.05, 0) is 0 Å². The third-order valence-electron chi connectivity index (χ3n) is 1.37. The summed E-state index contributed by atoms with van der Waals surface area (Å²) in [7, 11) is 0. The molecular formula is C8H10AsNO6. The molecular weight excluding hydrogens is 281 g/mol. The molecule has 0 saturated carbocycles. The number of para-hydroxylation sites is 1. The van der Waals surface area contributed by atoms with E-state index >= 15 is 0 Å². The Morgan fingerprint density at radius 2 is 2.00 bits per heavy atom. The monoisotopic (exact) mass is 291 g/mol. The second kappa shape index (κ2) is 5.71. The van der Waals surface area contributed by atoms with Gasteiger partial charge in [-0.15, -0.1) is 0 Å². The van der Waals surface area contributed by atoms with Crippen LogP contribution >= 0.6 is 0 Å². The first-order valence-electron chi connectivity index (χ1n) is 4.20. The number of aliphatic carboxylic acids is 1. The fourth-order valence-electron chi connectivity index (χ4n) is 0.809. The van der Waals surface area contributed by atoms with Gasteiger partial charge in [-0.2, -0.15) is 0 Å². The van der Waals surface area contributed by atoms with Crippen molar-refractivity contribution in [2.75, 3.05) is 6.54 Å². The summed E-state index contributed by atoms with van der Waals surface area (Å²) >= 11 is -4.98. The predicted octanol–water partition coefficient (Wildman–Crippen LogP) is -0.470. The summed E-state index contributed by atoms with van der Waals surface area (Å²) in [5.41, 5.74) is 1.83. The molecule has 1 atom stereocenters. The van der Waals surface area contributed by atoms with E-state index in [-0.39, 0.29) is 5.75 Å². The molecule has 0 amide bonds. The first kappa shape index (κ1) is 12.8. The zero-order valence-corrected chi connectivity index (χ0v) is 9.95. The second-order valence-electron chi connectivity index (χ2n) is 2.68. The van der Waals surface area contributed by atoms with Gasteiger partial charge in [0.15, 0.2) is 0 Å². The molecule has 1 unspecified atom stereocenters. The summed E-state index contributed by atoms with van der Waals surface area (Å²) in [4.78, 5) is 10.1. The van der Waals surface area contributed by atoms with Crippen LogP contribution in [-0.2, 0) is 12.4 Å². The molecule has 16 heavy (non-hydrogen) atoms. The molecule has 7 nitrogen and oxygen atoms in total. The van der Waals surface area contributed by atoms with E-state index in [0.717, 1.165) is 0 Å². The van der Waals surface area contributed by atoms with Crippen molar-refractivity contribution in [2.24, 2.45) is 0 Å². The number of hydrogen-bond acceptors (Lipinski definition) is 5. The third kappa shape index (κ3) is 4.99. The zero-order valence-electron chi connectivity index (χ0n) is 8.07. The Labute approximate surface area is 94.3 Å². The molecule has 1 rings (SSSR count). The number of rotatable bonds is 6. The Morgan fingerprint density at radius 1 is 1.38 bits per heavy atom. The van der Waals surface area contributed by atoms with E-state index in [2.05, 4.69) is 7.55 Å². The molecule has 3 N–H and O–H groups in total. The number of nitrogens with one attached hydrogen (secondary N) is 1.